The summed E-state index contributed by atoms with van der Waals surface area (Å²) in [7, 11) is 0. The van der Waals surface area contributed by atoms with Crippen LogP contribution in [0.25, 0.3) is 0 Å². The van der Waals surface area contributed by atoms with Crippen LogP contribution in [0.5, 0.6) is 0 Å². The highest BCUT2D eigenvalue weighted by Crippen LogP contribution is 2.27. The molecule has 0 saturated carbocycles. The quantitative estimate of drug-likeness (QED) is 0.849. The number of hydrogen-bond acceptors (Lipinski definition) is 5. The first kappa shape index (κ1) is 14.1. The minimum absolute atomic E-state index is 0.376. The lowest BCUT2D eigenvalue weighted by molar-refractivity contribution is 0.613. The lowest BCUT2D eigenvalue weighted by Gasteiger charge is -2.26. The second kappa shape index (κ2) is 6.19. The maximum absolute atomic E-state index is 5.70. The number of nitrogens with two attached hydrogens (primary N) is 1. The van der Waals surface area contributed by atoms with E-state index in [1.54, 1.807) is 0 Å². The molecule has 1 saturated heterocycles. The van der Waals surface area contributed by atoms with Crippen LogP contribution in [0.3, 0.4) is 0 Å². The molecule has 5 heteroatoms. The highest BCUT2D eigenvalue weighted by molar-refractivity contribution is 5.51. The van der Waals surface area contributed by atoms with Crippen LogP contribution in [0.4, 0.5) is 11.6 Å². The highest BCUT2D eigenvalue weighted by Gasteiger charge is 2.25. The van der Waals surface area contributed by atoms with Crippen LogP contribution >= 0.6 is 0 Å². The summed E-state index contributed by atoms with van der Waals surface area (Å²) in [6, 6.07) is 2.97. The van der Waals surface area contributed by atoms with Gasteiger partial charge < -0.3 is 16.0 Å². The van der Waals surface area contributed by atoms with Gasteiger partial charge in [-0.2, -0.15) is 0 Å². The van der Waals surface area contributed by atoms with Gasteiger partial charge in [0.05, 0.1) is 0 Å². The number of nitrogens with zero attached hydrogens (tertiary/aromatic N) is 3. The van der Waals surface area contributed by atoms with Crippen LogP contribution in [-0.4, -0.2) is 35.1 Å². The molecule has 0 bridgehead atoms. The molecular formula is C14H25N5. The molecule has 1 aliphatic heterocycles. The number of hydrogen-bond donors (Lipinski definition) is 2. The Hall–Kier alpha value is -1.36. The summed E-state index contributed by atoms with van der Waals surface area (Å²) < 4.78 is 0. The van der Waals surface area contributed by atoms with Crippen molar-refractivity contribution in [2.45, 2.75) is 52.1 Å². The molecule has 1 unspecified atom stereocenters. The largest absolute Gasteiger partial charge is 0.368 e. The first-order valence-electron chi connectivity index (χ1n) is 7.19. The van der Waals surface area contributed by atoms with Gasteiger partial charge in [-0.3, -0.25) is 0 Å². The van der Waals surface area contributed by atoms with Crippen molar-refractivity contribution in [1.82, 2.24) is 9.97 Å². The molecule has 5 nitrogen and oxygen atoms in total. The third-order valence-corrected chi connectivity index (χ3v) is 3.43. The van der Waals surface area contributed by atoms with Gasteiger partial charge >= 0.3 is 0 Å². The topological polar surface area (TPSA) is 67.1 Å². The van der Waals surface area contributed by atoms with Gasteiger partial charge in [0.2, 0.25) is 0 Å². The molecule has 1 aliphatic rings. The van der Waals surface area contributed by atoms with Crippen molar-refractivity contribution in [2.24, 2.45) is 5.73 Å². The molecule has 1 aromatic rings. The Morgan fingerprint density at radius 2 is 2.26 bits per heavy atom. The van der Waals surface area contributed by atoms with Gasteiger partial charge in [0.15, 0.2) is 0 Å². The molecule has 1 aromatic heterocycles. The number of rotatable bonds is 5. The van der Waals surface area contributed by atoms with Gasteiger partial charge in [-0.15, -0.1) is 0 Å². The van der Waals surface area contributed by atoms with Crippen molar-refractivity contribution in [3.63, 3.8) is 0 Å². The molecule has 0 radical (unpaired) electrons. The molecule has 0 aliphatic carbocycles. The summed E-state index contributed by atoms with van der Waals surface area (Å²) in [6.45, 7) is 7.99. The average Bonchev–Trinajstić information content (AvgIpc) is 2.76. The van der Waals surface area contributed by atoms with Crippen molar-refractivity contribution in [2.75, 3.05) is 23.3 Å². The summed E-state index contributed by atoms with van der Waals surface area (Å²) in [5.74, 6) is 2.77. The molecule has 3 N–H and O–H groups in total. The summed E-state index contributed by atoms with van der Waals surface area (Å²) >= 11 is 0. The molecular weight excluding hydrogens is 238 g/mol. The Morgan fingerprint density at radius 3 is 2.95 bits per heavy atom. The molecule has 106 valence electrons. The number of anilines is 2. The van der Waals surface area contributed by atoms with Gasteiger partial charge in [-0.1, -0.05) is 0 Å². The van der Waals surface area contributed by atoms with E-state index in [9.17, 15) is 0 Å². The van der Waals surface area contributed by atoms with Crippen molar-refractivity contribution in [3.05, 3.63) is 11.9 Å². The predicted octanol–water partition coefficient (Wildman–Crippen LogP) is 1.92. The number of aryl methyl sites for hydroxylation is 1. The molecule has 1 fully saturated rings. The standard InChI is InChI=1S/C14H25N5/c1-10(2)16-13-9-14(18-11(3)17-13)19-8-4-5-12(19)6-7-15/h9-10,12H,4-8,15H2,1-3H3,(H,16,17,18). The molecule has 2 heterocycles. The fourth-order valence-corrected chi connectivity index (χ4v) is 2.70. The van der Waals surface area contributed by atoms with Crippen molar-refractivity contribution in [3.8, 4) is 0 Å². The smallest absolute Gasteiger partial charge is 0.134 e. The number of aromatic nitrogens is 2. The third-order valence-electron chi connectivity index (χ3n) is 3.43. The van der Waals surface area contributed by atoms with Crippen LogP contribution < -0.4 is 16.0 Å². The normalized spacial score (nSPS) is 19.2. The second-order valence-electron chi connectivity index (χ2n) is 5.52. The zero-order valence-electron chi connectivity index (χ0n) is 12.2. The summed E-state index contributed by atoms with van der Waals surface area (Å²) in [5, 5.41) is 3.35. The first-order valence-corrected chi connectivity index (χ1v) is 7.19. The Balaban J connectivity index is 2.21. The molecule has 0 aromatic carbocycles. The summed E-state index contributed by atoms with van der Waals surface area (Å²) in [4.78, 5) is 11.4. The Kier molecular flexibility index (Phi) is 4.58. The predicted molar refractivity (Wildman–Crippen MR) is 79.6 cm³/mol. The van der Waals surface area contributed by atoms with Crippen molar-refractivity contribution >= 4 is 11.6 Å². The van der Waals surface area contributed by atoms with Gasteiger partial charge in [0.1, 0.15) is 17.5 Å². The monoisotopic (exact) mass is 263 g/mol. The Bertz CT molecular complexity index is 418. The minimum Gasteiger partial charge on any atom is -0.368 e. The van der Waals surface area contributed by atoms with E-state index in [4.69, 9.17) is 5.73 Å². The van der Waals surface area contributed by atoms with E-state index in [2.05, 4.69) is 40.1 Å². The van der Waals surface area contributed by atoms with Gasteiger partial charge in [0, 0.05) is 24.7 Å². The van der Waals surface area contributed by atoms with Crippen LogP contribution in [0.15, 0.2) is 6.07 Å². The lowest BCUT2D eigenvalue weighted by Crippen LogP contribution is -2.32. The van der Waals surface area contributed by atoms with Crippen LogP contribution in [0.1, 0.15) is 38.9 Å². The molecule has 19 heavy (non-hydrogen) atoms. The molecule has 0 amide bonds. The average molecular weight is 263 g/mol. The zero-order valence-corrected chi connectivity index (χ0v) is 12.2. The molecule has 2 rings (SSSR count). The Morgan fingerprint density at radius 1 is 1.47 bits per heavy atom. The van der Waals surface area contributed by atoms with Gasteiger partial charge in [0.25, 0.3) is 0 Å². The summed E-state index contributed by atoms with van der Waals surface area (Å²) in [5.41, 5.74) is 5.70. The lowest BCUT2D eigenvalue weighted by atomic mass is 10.1. The van der Waals surface area contributed by atoms with Gasteiger partial charge in [-0.05, 0) is 46.6 Å². The maximum Gasteiger partial charge on any atom is 0.134 e. The summed E-state index contributed by atoms with van der Waals surface area (Å²) in [6.07, 6.45) is 3.48. The van der Waals surface area contributed by atoms with Crippen molar-refractivity contribution < 1.29 is 0 Å². The van der Waals surface area contributed by atoms with Crippen LogP contribution in [0.2, 0.25) is 0 Å². The Labute approximate surface area is 115 Å². The highest BCUT2D eigenvalue weighted by atomic mass is 15.2. The first-order chi connectivity index (χ1) is 9.10. The van der Waals surface area contributed by atoms with E-state index in [1.807, 2.05) is 6.92 Å². The van der Waals surface area contributed by atoms with E-state index in [0.717, 1.165) is 37.0 Å². The van der Waals surface area contributed by atoms with E-state index in [0.29, 0.717) is 12.1 Å². The van der Waals surface area contributed by atoms with Crippen molar-refractivity contribution in [1.29, 1.82) is 0 Å². The molecule has 0 spiro atoms. The van der Waals surface area contributed by atoms with Gasteiger partial charge in [-0.25, -0.2) is 9.97 Å². The van der Waals surface area contributed by atoms with E-state index < -0.39 is 0 Å². The third kappa shape index (κ3) is 3.56. The van der Waals surface area contributed by atoms with Crippen LogP contribution in [-0.2, 0) is 0 Å². The second-order valence-corrected chi connectivity index (χ2v) is 5.52. The molecule has 1 atom stereocenters. The number of nitrogens with one attached hydrogen (secondary N) is 1. The van der Waals surface area contributed by atoms with Crippen LogP contribution in [0, 0.1) is 6.92 Å². The van der Waals surface area contributed by atoms with E-state index >= 15 is 0 Å². The fourth-order valence-electron chi connectivity index (χ4n) is 2.70. The fraction of sp³-hybridized carbons (Fsp3) is 0.714. The van der Waals surface area contributed by atoms with E-state index in [-0.39, 0.29) is 0 Å². The SMILES string of the molecule is Cc1nc(NC(C)C)cc(N2CCCC2CCN)n1. The minimum atomic E-state index is 0.376. The zero-order chi connectivity index (χ0) is 13.8. The van der Waals surface area contributed by atoms with E-state index in [1.165, 1.54) is 12.8 Å². The maximum atomic E-state index is 5.70.